The van der Waals surface area contributed by atoms with Gasteiger partial charge in [-0.3, -0.25) is 0 Å². The molecule has 1 aromatic heterocycles. The van der Waals surface area contributed by atoms with E-state index in [-0.39, 0.29) is 11.9 Å². The Hall–Kier alpha value is -0.980. The van der Waals surface area contributed by atoms with Gasteiger partial charge in [-0.15, -0.1) is 0 Å². The van der Waals surface area contributed by atoms with Crippen LogP contribution in [-0.2, 0) is 27.2 Å². The standard InChI is InChI=1S/C14H22N2O4/c1-2-3-13-15-12(16-20-13)10-17-11-4-6-14(7-5-11)18-8-9-19-14/h11H,2-10H2,1H3. The van der Waals surface area contributed by atoms with Crippen molar-refractivity contribution in [1.82, 2.24) is 10.1 Å². The van der Waals surface area contributed by atoms with Crippen molar-refractivity contribution < 1.29 is 18.7 Å². The maximum Gasteiger partial charge on any atom is 0.226 e. The summed E-state index contributed by atoms with van der Waals surface area (Å²) in [5, 5.41) is 3.93. The molecule has 2 fully saturated rings. The molecule has 0 bridgehead atoms. The van der Waals surface area contributed by atoms with Crippen LogP contribution < -0.4 is 0 Å². The van der Waals surface area contributed by atoms with Gasteiger partial charge in [-0.2, -0.15) is 4.98 Å². The van der Waals surface area contributed by atoms with E-state index in [0.717, 1.165) is 38.5 Å². The predicted molar refractivity (Wildman–Crippen MR) is 70.0 cm³/mol. The molecule has 1 aliphatic heterocycles. The molecular weight excluding hydrogens is 260 g/mol. The van der Waals surface area contributed by atoms with Gasteiger partial charge in [0.2, 0.25) is 5.89 Å². The van der Waals surface area contributed by atoms with Crippen LogP contribution in [0.25, 0.3) is 0 Å². The summed E-state index contributed by atoms with van der Waals surface area (Å²) in [5.41, 5.74) is 0. The lowest BCUT2D eigenvalue weighted by atomic mass is 9.92. The second-order valence-corrected chi connectivity index (χ2v) is 5.47. The minimum atomic E-state index is -0.319. The van der Waals surface area contributed by atoms with Gasteiger partial charge in [0.25, 0.3) is 0 Å². The molecule has 0 atom stereocenters. The van der Waals surface area contributed by atoms with Gasteiger partial charge in [0.15, 0.2) is 11.6 Å². The lowest BCUT2D eigenvalue weighted by Gasteiger charge is -2.35. The number of aryl methyl sites for hydroxylation is 1. The number of rotatable bonds is 5. The Balaban J connectivity index is 1.43. The molecule has 112 valence electrons. The Morgan fingerprint density at radius 1 is 1.25 bits per heavy atom. The van der Waals surface area contributed by atoms with Crippen molar-refractivity contribution in [2.24, 2.45) is 0 Å². The van der Waals surface area contributed by atoms with Gasteiger partial charge >= 0.3 is 0 Å². The fourth-order valence-corrected chi connectivity index (χ4v) is 2.84. The maximum atomic E-state index is 5.87. The third-order valence-corrected chi connectivity index (χ3v) is 3.93. The highest BCUT2D eigenvalue weighted by molar-refractivity contribution is 4.86. The van der Waals surface area contributed by atoms with Gasteiger partial charge in [0, 0.05) is 19.3 Å². The van der Waals surface area contributed by atoms with Crippen molar-refractivity contribution in [3.63, 3.8) is 0 Å². The molecule has 0 radical (unpaired) electrons. The molecule has 0 aromatic carbocycles. The Morgan fingerprint density at radius 2 is 2.00 bits per heavy atom. The van der Waals surface area contributed by atoms with Crippen LogP contribution in [0.2, 0.25) is 0 Å². The first-order valence-corrected chi connectivity index (χ1v) is 7.51. The normalized spacial score (nSPS) is 22.6. The van der Waals surface area contributed by atoms with Crippen molar-refractivity contribution in [1.29, 1.82) is 0 Å². The Bertz CT molecular complexity index is 419. The highest BCUT2D eigenvalue weighted by Gasteiger charge is 2.40. The Labute approximate surface area is 118 Å². The van der Waals surface area contributed by atoms with E-state index in [1.165, 1.54) is 0 Å². The van der Waals surface area contributed by atoms with E-state index < -0.39 is 0 Å². The molecule has 0 unspecified atom stereocenters. The van der Waals surface area contributed by atoms with Crippen LogP contribution >= 0.6 is 0 Å². The molecule has 1 saturated carbocycles. The van der Waals surface area contributed by atoms with Crippen LogP contribution in [0.4, 0.5) is 0 Å². The number of aromatic nitrogens is 2. The van der Waals surface area contributed by atoms with E-state index >= 15 is 0 Å². The van der Waals surface area contributed by atoms with Gasteiger partial charge in [-0.05, 0) is 19.3 Å². The molecule has 2 heterocycles. The van der Waals surface area contributed by atoms with Crippen LogP contribution in [0.5, 0.6) is 0 Å². The van der Waals surface area contributed by atoms with E-state index in [2.05, 4.69) is 17.1 Å². The lowest BCUT2D eigenvalue weighted by Crippen LogP contribution is -2.37. The monoisotopic (exact) mass is 282 g/mol. The van der Waals surface area contributed by atoms with E-state index in [4.69, 9.17) is 18.7 Å². The van der Waals surface area contributed by atoms with Crippen molar-refractivity contribution in [3.8, 4) is 0 Å². The van der Waals surface area contributed by atoms with Crippen molar-refractivity contribution in [2.45, 2.75) is 63.9 Å². The molecule has 2 aliphatic rings. The first-order chi connectivity index (χ1) is 9.80. The minimum absolute atomic E-state index is 0.238. The summed E-state index contributed by atoms with van der Waals surface area (Å²) < 4.78 is 22.4. The molecule has 1 spiro atoms. The predicted octanol–water partition coefficient (Wildman–Crippen LogP) is 2.22. The zero-order valence-electron chi connectivity index (χ0n) is 12.0. The molecule has 6 nitrogen and oxygen atoms in total. The van der Waals surface area contributed by atoms with E-state index in [0.29, 0.717) is 31.5 Å². The minimum Gasteiger partial charge on any atom is -0.370 e. The molecular formula is C14H22N2O4. The average Bonchev–Trinajstić information content (AvgIpc) is 3.09. The van der Waals surface area contributed by atoms with Crippen LogP contribution in [0, 0.1) is 0 Å². The van der Waals surface area contributed by atoms with Gasteiger partial charge in [0.05, 0.1) is 19.3 Å². The number of nitrogens with zero attached hydrogens (tertiary/aromatic N) is 2. The first kappa shape index (κ1) is 14.0. The van der Waals surface area contributed by atoms with Gasteiger partial charge in [-0.25, -0.2) is 0 Å². The summed E-state index contributed by atoms with van der Waals surface area (Å²) in [6, 6.07) is 0. The van der Waals surface area contributed by atoms with Gasteiger partial charge in [0.1, 0.15) is 6.61 Å². The lowest BCUT2D eigenvalue weighted by molar-refractivity contribution is -0.192. The largest absolute Gasteiger partial charge is 0.370 e. The quantitative estimate of drug-likeness (QED) is 0.825. The van der Waals surface area contributed by atoms with E-state index in [1.807, 2.05) is 0 Å². The second kappa shape index (κ2) is 6.20. The zero-order valence-corrected chi connectivity index (χ0v) is 12.0. The van der Waals surface area contributed by atoms with Crippen LogP contribution in [0.1, 0.15) is 50.7 Å². The third-order valence-electron chi connectivity index (χ3n) is 3.93. The summed E-state index contributed by atoms with van der Waals surface area (Å²) in [6.45, 7) is 3.95. The fraction of sp³-hybridized carbons (Fsp3) is 0.857. The summed E-state index contributed by atoms with van der Waals surface area (Å²) >= 11 is 0. The molecule has 1 aromatic rings. The summed E-state index contributed by atoms with van der Waals surface area (Å²) in [4.78, 5) is 4.30. The Morgan fingerprint density at radius 3 is 2.70 bits per heavy atom. The first-order valence-electron chi connectivity index (χ1n) is 7.51. The highest BCUT2D eigenvalue weighted by Crippen LogP contribution is 2.36. The zero-order chi connectivity index (χ0) is 13.8. The number of ether oxygens (including phenoxy) is 3. The Kier molecular flexibility index (Phi) is 4.33. The average molecular weight is 282 g/mol. The maximum absolute atomic E-state index is 5.87. The summed E-state index contributed by atoms with van der Waals surface area (Å²) in [5.74, 6) is 1.02. The molecule has 6 heteroatoms. The second-order valence-electron chi connectivity index (χ2n) is 5.47. The molecule has 0 amide bonds. The SMILES string of the molecule is CCCc1nc(COC2CCC3(CC2)OCCO3)no1. The van der Waals surface area contributed by atoms with Crippen molar-refractivity contribution >= 4 is 0 Å². The molecule has 1 aliphatic carbocycles. The van der Waals surface area contributed by atoms with Gasteiger partial charge < -0.3 is 18.7 Å². The third kappa shape index (κ3) is 3.19. The number of hydrogen-bond donors (Lipinski definition) is 0. The molecule has 3 rings (SSSR count). The van der Waals surface area contributed by atoms with Gasteiger partial charge in [-0.1, -0.05) is 12.1 Å². The molecule has 1 saturated heterocycles. The fourth-order valence-electron chi connectivity index (χ4n) is 2.84. The van der Waals surface area contributed by atoms with Crippen LogP contribution in [0.3, 0.4) is 0 Å². The number of hydrogen-bond acceptors (Lipinski definition) is 6. The molecule has 20 heavy (non-hydrogen) atoms. The van der Waals surface area contributed by atoms with Crippen LogP contribution in [-0.4, -0.2) is 35.2 Å². The summed E-state index contributed by atoms with van der Waals surface area (Å²) in [6.07, 6.45) is 5.80. The van der Waals surface area contributed by atoms with Crippen molar-refractivity contribution in [3.05, 3.63) is 11.7 Å². The van der Waals surface area contributed by atoms with Crippen molar-refractivity contribution in [2.75, 3.05) is 13.2 Å². The molecule has 0 N–H and O–H groups in total. The van der Waals surface area contributed by atoms with Crippen LogP contribution in [0.15, 0.2) is 4.52 Å². The van der Waals surface area contributed by atoms with E-state index in [9.17, 15) is 0 Å². The van der Waals surface area contributed by atoms with E-state index in [1.54, 1.807) is 0 Å². The smallest absolute Gasteiger partial charge is 0.226 e. The summed E-state index contributed by atoms with van der Waals surface area (Å²) in [7, 11) is 0. The highest BCUT2D eigenvalue weighted by atomic mass is 16.7. The topological polar surface area (TPSA) is 66.6 Å².